The average Bonchev–Trinajstić information content (AvgIpc) is 2.67. The molecule has 0 atom stereocenters. The summed E-state index contributed by atoms with van der Waals surface area (Å²) >= 11 is 0. The van der Waals surface area contributed by atoms with E-state index in [1.54, 1.807) is 0 Å². The molecule has 1 aromatic rings. The van der Waals surface area contributed by atoms with Gasteiger partial charge in [0, 0.05) is 11.1 Å². The van der Waals surface area contributed by atoms with Crippen LogP contribution in [0.4, 0.5) is 0 Å². The fourth-order valence-electron chi connectivity index (χ4n) is 2.41. The van der Waals surface area contributed by atoms with Gasteiger partial charge in [0.15, 0.2) is 0 Å². The molecule has 0 aliphatic heterocycles. The Balaban J connectivity index is 2.27. The molecule has 0 amide bonds. The highest BCUT2D eigenvalue weighted by atomic mass is 15.3. The SMILES string of the molecule is CC1=CC(C)=C(c2ccccc2/C=N/NC(C)(C)C)C1. The molecule has 0 radical (unpaired) electrons. The minimum absolute atomic E-state index is 0.00781. The molecule has 0 unspecified atom stereocenters. The normalized spacial score (nSPS) is 15.9. The van der Waals surface area contributed by atoms with Crippen molar-refractivity contribution in [3.8, 4) is 0 Å². The Kier molecular flexibility index (Phi) is 4.12. The largest absolute Gasteiger partial charge is 0.305 e. The second-order valence-corrected chi connectivity index (χ2v) is 6.54. The van der Waals surface area contributed by atoms with E-state index >= 15 is 0 Å². The van der Waals surface area contributed by atoms with Crippen LogP contribution in [-0.2, 0) is 0 Å². The van der Waals surface area contributed by atoms with Crippen LogP contribution in [0.1, 0.15) is 52.2 Å². The number of hydrogen-bond donors (Lipinski definition) is 1. The van der Waals surface area contributed by atoms with Gasteiger partial charge in [0.2, 0.25) is 0 Å². The lowest BCUT2D eigenvalue weighted by molar-refractivity contribution is 0.442. The summed E-state index contributed by atoms with van der Waals surface area (Å²) in [5.41, 5.74) is 9.81. The predicted molar refractivity (Wildman–Crippen MR) is 87.9 cm³/mol. The van der Waals surface area contributed by atoms with Crippen LogP contribution in [0.25, 0.3) is 5.57 Å². The number of benzene rings is 1. The number of rotatable bonds is 3. The maximum Gasteiger partial charge on any atom is 0.0546 e. The van der Waals surface area contributed by atoms with Crippen molar-refractivity contribution in [1.82, 2.24) is 5.43 Å². The molecule has 0 bridgehead atoms. The van der Waals surface area contributed by atoms with Gasteiger partial charge in [0.05, 0.1) is 6.21 Å². The molecule has 0 spiro atoms. The van der Waals surface area contributed by atoms with Gasteiger partial charge in [-0.05, 0) is 57.7 Å². The summed E-state index contributed by atoms with van der Waals surface area (Å²) in [6, 6.07) is 8.46. The molecule has 1 aromatic carbocycles. The molecular formula is C18H24N2. The first-order valence-electron chi connectivity index (χ1n) is 7.13. The third kappa shape index (κ3) is 3.60. The molecule has 0 aromatic heterocycles. The standard InChI is InChI=1S/C18H24N2/c1-13-10-14(2)17(11-13)16-9-7-6-8-15(16)12-19-20-18(3,4)5/h6-10,12,20H,11H2,1-5H3/b19-12+. The predicted octanol–water partition coefficient (Wildman–Crippen LogP) is 4.53. The molecule has 0 saturated heterocycles. The van der Waals surface area contributed by atoms with E-state index < -0.39 is 0 Å². The van der Waals surface area contributed by atoms with Crippen LogP contribution in [0.2, 0.25) is 0 Å². The molecule has 0 saturated carbocycles. The van der Waals surface area contributed by atoms with E-state index in [1.807, 2.05) is 6.21 Å². The van der Waals surface area contributed by atoms with Gasteiger partial charge in [-0.3, -0.25) is 0 Å². The fraction of sp³-hybridized carbons (Fsp3) is 0.389. The van der Waals surface area contributed by atoms with E-state index in [1.165, 1.54) is 27.8 Å². The van der Waals surface area contributed by atoms with Crippen molar-refractivity contribution >= 4 is 11.8 Å². The molecule has 20 heavy (non-hydrogen) atoms. The van der Waals surface area contributed by atoms with E-state index in [4.69, 9.17) is 0 Å². The van der Waals surface area contributed by atoms with Gasteiger partial charge < -0.3 is 5.43 Å². The van der Waals surface area contributed by atoms with Gasteiger partial charge in [0.1, 0.15) is 0 Å². The summed E-state index contributed by atoms with van der Waals surface area (Å²) in [6.07, 6.45) is 5.24. The number of hydrazone groups is 1. The average molecular weight is 268 g/mol. The number of allylic oxidation sites excluding steroid dienone is 4. The van der Waals surface area contributed by atoms with Crippen molar-refractivity contribution in [3.05, 3.63) is 52.6 Å². The third-order valence-corrected chi connectivity index (χ3v) is 3.28. The zero-order valence-corrected chi connectivity index (χ0v) is 13.1. The van der Waals surface area contributed by atoms with Gasteiger partial charge in [-0.2, -0.15) is 5.10 Å². The Morgan fingerprint density at radius 1 is 1.15 bits per heavy atom. The topological polar surface area (TPSA) is 24.4 Å². The van der Waals surface area contributed by atoms with Crippen LogP contribution in [0.3, 0.4) is 0 Å². The zero-order chi connectivity index (χ0) is 14.8. The molecule has 2 heteroatoms. The van der Waals surface area contributed by atoms with Gasteiger partial charge in [-0.1, -0.05) is 35.9 Å². The highest BCUT2D eigenvalue weighted by molar-refractivity contribution is 5.90. The van der Waals surface area contributed by atoms with Crippen LogP contribution >= 0.6 is 0 Å². The zero-order valence-electron chi connectivity index (χ0n) is 13.1. The minimum Gasteiger partial charge on any atom is -0.305 e. The highest BCUT2D eigenvalue weighted by Crippen LogP contribution is 2.33. The molecule has 106 valence electrons. The Morgan fingerprint density at radius 3 is 2.45 bits per heavy atom. The van der Waals surface area contributed by atoms with E-state index in [-0.39, 0.29) is 5.54 Å². The summed E-state index contributed by atoms with van der Waals surface area (Å²) in [5.74, 6) is 0. The number of nitrogens with zero attached hydrogens (tertiary/aromatic N) is 1. The summed E-state index contributed by atoms with van der Waals surface area (Å²) in [6.45, 7) is 10.7. The summed E-state index contributed by atoms with van der Waals surface area (Å²) in [7, 11) is 0. The van der Waals surface area contributed by atoms with Crippen molar-refractivity contribution in [2.24, 2.45) is 5.10 Å². The lowest BCUT2D eigenvalue weighted by atomic mass is 9.96. The van der Waals surface area contributed by atoms with Gasteiger partial charge in [-0.15, -0.1) is 0 Å². The van der Waals surface area contributed by atoms with E-state index in [9.17, 15) is 0 Å². The first-order chi connectivity index (χ1) is 9.37. The quantitative estimate of drug-likeness (QED) is 0.632. The molecule has 2 nitrogen and oxygen atoms in total. The first kappa shape index (κ1) is 14.6. The van der Waals surface area contributed by atoms with Crippen LogP contribution in [0, 0.1) is 0 Å². The van der Waals surface area contributed by atoms with Crippen molar-refractivity contribution in [3.63, 3.8) is 0 Å². The smallest absolute Gasteiger partial charge is 0.0546 e. The van der Waals surface area contributed by atoms with E-state index in [2.05, 4.69) is 75.5 Å². The van der Waals surface area contributed by atoms with Crippen molar-refractivity contribution in [1.29, 1.82) is 0 Å². The maximum absolute atomic E-state index is 4.37. The molecule has 2 rings (SSSR count). The van der Waals surface area contributed by atoms with Crippen molar-refractivity contribution in [2.45, 2.75) is 46.6 Å². The van der Waals surface area contributed by atoms with E-state index in [0.29, 0.717) is 0 Å². The Labute approximate surface area is 122 Å². The highest BCUT2D eigenvalue weighted by Gasteiger charge is 2.14. The minimum atomic E-state index is -0.00781. The Bertz CT molecular complexity index is 584. The number of nitrogens with one attached hydrogen (secondary N) is 1. The van der Waals surface area contributed by atoms with Crippen LogP contribution in [0.5, 0.6) is 0 Å². The third-order valence-electron chi connectivity index (χ3n) is 3.28. The molecule has 0 fully saturated rings. The Morgan fingerprint density at radius 2 is 1.85 bits per heavy atom. The second-order valence-electron chi connectivity index (χ2n) is 6.54. The Hall–Kier alpha value is -1.83. The van der Waals surface area contributed by atoms with Gasteiger partial charge in [0.25, 0.3) is 0 Å². The van der Waals surface area contributed by atoms with Crippen molar-refractivity contribution in [2.75, 3.05) is 0 Å². The van der Waals surface area contributed by atoms with Crippen LogP contribution in [-0.4, -0.2) is 11.8 Å². The number of hydrogen-bond acceptors (Lipinski definition) is 2. The summed E-state index contributed by atoms with van der Waals surface area (Å²) in [5, 5.41) is 4.37. The first-order valence-corrected chi connectivity index (χ1v) is 7.13. The molecule has 1 aliphatic carbocycles. The lowest BCUT2D eigenvalue weighted by Crippen LogP contribution is -2.31. The van der Waals surface area contributed by atoms with Gasteiger partial charge in [-0.25, -0.2) is 0 Å². The van der Waals surface area contributed by atoms with E-state index in [0.717, 1.165) is 6.42 Å². The monoisotopic (exact) mass is 268 g/mol. The van der Waals surface area contributed by atoms with Crippen LogP contribution < -0.4 is 5.43 Å². The van der Waals surface area contributed by atoms with Crippen LogP contribution in [0.15, 0.2) is 46.6 Å². The molecule has 0 heterocycles. The summed E-state index contributed by atoms with van der Waals surface area (Å²) in [4.78, 5) is 0. The summed E-state index contributed by atoms with van der Waals surface area (Å²) < 4.78 is 0. The fourth-order valence-corrected chi connectivity index (χ4v) is 2.41. The second kappa shape index (κ2) is 5.66. The molecular weight excluding hydrogens is 244 g/mol. The van der Waals surface area contributed by atoms with Crippen molar-refractivity contribution < 1.29 is 0 Å². The van der Waals surface area contributed by atoms with Gasteiger partial charge >= 0.3 is 0 Å². The maximum atomic E-state index is 4.37. The molecule has 1 N–H and O–H groups in total. The lowest BCUT2D eigenvalue weighted by Gasteiger charge is -2.17. The molecule has 1 aliphatic rings.